The van der Waals surface area contributed by atoms with Crippen LogP contribution in [0, 0.1) is 0 Å². The molecule has 3 heterocycles. The number of benzene rings is 1. The smallest absolute Gasteiger partial charge is 0.224 e. The van der Waals surface area contributed by atoms with Crippen molar-refractivity contribution in [3.05, 3.63) is 67.0 Å². The molecule has 0 unspecified atom stereocenters. The predicted octanol–water partition coefficient (Wildman–Crippen LogP) is 2.71. The van der Waals surface area contributed by atoms with Crippen LogP contribution < -0.4 is 5.32 Å². The molecule has 0 aliphatic carbocycles. The fourth-order valence-corrected chi connectivity index (χ4v) is 2.79. The lowest BCUT2D eigenvalue weighted by Crippen LogP contribution is -2.15. The first-order chi connectivity index (χ1) is 12.3. The third kappa shape index (κ3) is 3.12. The van der Waals surface area contributed by atoms with E-state index < -0.39 is 0 Å². The fourth-order valence-electron chi connectivity index (χ4n) is 2.79. The molecule has 0 aliphatic rings. The van der Waals surface area contributed by atoms with Crippen LogP contribution in [0.5, 0.6) is 0 Å². The zero-order valence-corrected chi connectivity index (χ0v) is 13.4. The summed E-state index contributed by atoms with van der Waals surface area (Å²) in [6.07, 6.45) is 7.63. The topological polar surface area (TPSA) is 88.5 Å². The Kier molecular flexibility index (Phi) is 3.96. The first kappa shape index (κ1) is 15.1. The van der Waals surface area contributed by atoms with Crippen LogP contribution in [0.25, 0.3) is 16.7 Å². The monoisotopic (exact) mass is 332 g/mol. The van der Waals surface area contributed by atoms with Crippen molar-refractivity contribution in [2.75, 3.05) is 5.32 Å². The van der Waals surface area contributed by atoms with Crippen molar-refractivity contribution in [3.8, 4) is 5.82 Å². The normalized spacial score (nSPS) is 10.9. The van der Waals surface area contributed by atoms with Crippen LogP contribution in [0.4, 0.5) is 5.69 Å². The summed E-state index contributed by atoms with van der Waals surface area (Å²) >= 11 is 0. The number of para-hydroxylation sites is 1. The van der Waals surface area contributed by atoms with E-state index >= 15 is 0 Å². The summed E-state index contributed by atoms with van der Waals surface area (Å²) in [5, 5.41) is 8.12. The highest BCUT2D eigenvalue weighted by Gasteiger charge is 2.11. The Bertz CT molecular complexity index is 1010. The van der Waals surface area contributed by atoms with Gasteiger partial charge in [-0.1, -0.05) is 18.2 Å². The Morgan fingerprint density at radius 3 is 3.00 bits per heavy atom. The maximum absolute atomic E-state index is 12.4. The minimum Gasteiger partial charge on any atom is -0.361 e. The zero-order chi connectivity index (χ0) is 17.1. The number of hydrogen-bond donors (Lipinski definition) is 2. The number of carbonyl (C=O) groups excluding carboxylic acids is 1. The van der Waals surface area contributed by atoms with Gasteiger partial charge in [-0.15, -0.1) is 0 Å². The number of amides is 1. The van der Waals surface area contributed by atoms with Gasteiger partial charge < -0.3 is 10.3 Å². The second kappa shape index (κ2) is 6.56. The molecule has 3 aromatic heterocycles. The van der Waals surface area contributed by atoms with Gasteiger partial charge in [-0.25, -0.2) is 14.6 Å². The first-order valence-electron chi connectivity index (χ1n) is 7.96. The first-order valence-corrected chi connectivity index (χ1v) is 7.96. The van der Waals surface area contributed by atoms with Gasteiger partial charge in [0.1, 0.15) is 12.7 Å². The van der Waals surface area contributed by atoms with Crippen molar-refractivity contribution in [1.82, 2.24) is 24.7 Å². The number of pyridine rings is 1. The highest BCUT2D eigenvalue weighted by molar-refractivity contribution is 5.93. The molecule has 7 nitrogen and oxygen atoms in total. The molecule has 0 bridgehead atoms. The van der Waals surface area contributed by atoms with Crippen LogP contribution in [0.3, 0.4) is 0 Å². The Morgan fingerprint density at radius 1 is 1.20 bits per heavy atom. The number of aryl methyl sites for hydroxylation is 1. The molecule has 4 aromatic rings. The van der Waals surface area contributed by atoms with E-state index in [1.165, 1.54) is 11.0 Å². The van der Waals surface area contributed by atoms with Crippen molar-refractivity contribution in [2.24, 2.45) is 0 Å². The van der Waals surface area contributed by atoms with Crippen molar-refractivity contribution >= 4 is 22.5 Å². The SMILES string of the molecule is O=C(CCc1c[nH]c2ccccc12)Nc1cccnc1-n1cncn1. The molecule has 0 spiro atoms. The molecule has 0 fully saturated rings. The predicted molar refractivity (Wildman–Crippen MR) is 94.4 cm³/mol. The molecular weight excluding hydrogens is 316 g/mol. The third-order valence-electron chi connectivity index (χ3n) is 3.99. The fraction of sp³-hybridized carbons (Fsp3) is 0.111. The Hall–Kier alpha value is -3.48. The van der Waals surface area contributed by atoms with Gasteiger partial charge in [-0.3, -0.25) is 4.79 Å². The number of nitrogens with one attached hydrogen (secondary N) is 2. The molecule has 0 saturated heterocycles. The maximum Gasteiger partial charge on any atom is 0.224 e. The van der Waals surface area contributed by atoms with E-state index in [2.05, 4.69) is 31.4 Å². The minimum absolute atomic E-state index is 0.0698. The quantitative estimate of drug-likeness (QED) is 0.588. The van der Waals surface area contributed by atoms with Crippen molar-refractivity contribution in [1.29, 1.82) is 0 Å². The molecule has 2 N–H and O–H groups in total. The van der Waals surface area contributed by atoms with E-state index in [0.29, 0.717) is 24.3 Å². The molecule has 1 aromatic carbocycles. The molecule has 0 atom stereocenters. The second-order valence-electron chi connectivity index (χ2n) is 5.62. The van der Waals surface area contributed by atoms with Gasteiger partial charge >= 0.3 is 0 Å². The minimum atomic E-state index is -0.0698. The van der Waals surface area contributed by atoms with E-state index in [4.69, 9.17) is 0 Å². The van der Waals surface area contributed by atoms with E-state index in [0.717, 1.165) is 16.5 Å². The molecule has 7 heteroatoms. The van der Waals surface area contributed by atoms with Gasteiger partial charge in [-0.2, -0.15) is 5.10 Å². The number of nitrogens with zero attached hydrogens (tertiary/aromatic N) is 4. The third-order valence-corrected chi connectivity index (χ3v) is 3.99. The Balaban J connectivity index is 1.46. The lowest BCUT2D eigenvalue weighted by atomic mass is 10.1. The number of aromatic amines is 1. The summed E-state index contributed by atoms with van der Waals surface area (Å²) in [4.78, 5) is 23.8. The van der Waals surface area contributed by atoms with Crippen LogP contribution in [0.15, 0.2) is 61.4 Å². The average Bonchev–Trinajstić information content (AvgIpc) is 3.30. The van der Waals surface area contributed by atoms with Crippen molar-refractivity contribution < 1.29 is 4.79 Å². The lowest BCUT2D eigenvalue weighted by molar-refractivity contribution is -0.116. The average molecular weight is 332 g/mol. The van der Waals surface area contributed by atoms with Crippen molar-refractivity contribution in [2.45, 2.75) is 12.8 Å². The van der Waals surface area contributed by atoms with Crippen molar-refractivity contribution in [3.63, 3.8) is 0 Å². The number of hydrogen-bond acceptors (Lipinski definition) is 4. The summed E-state index contributed by atoms with van der Waals surface area (Å²) in [6.45, 7) is 0. The van der Waals surface area contributed by atoms with E-state index in [1.54, 1.807) is 24.7 Å². The van der Waals surface area contributed by atoms with Crippen LogP contribution >= 0.6 is 0 Å². The molecule has 0 aliphatic heterocycles. The van der Waals surface area contributed by atoms with Gasteiger partial charge in [0.15, 0.2) is 5.82 Å². The lowest BCUT2D eigenvalue weighted by Gasteiger charge is -2.09. The highest BCUT2D eigenvalue weighted by atomic mass is 16.1. The van der Waals surface area contributed by atoms with Gasteiger partial charge in [0.25, 0.3) is 0 Å². The van der Waals surface area contributed by atoms with Gasteiger partial charge in [0, 0.05) is 29.7 Å². The van der Waals surface area contributed by atoms with Crippen LogP contribution in [0.2, 0.25) is 0 Å². The summed E-state index contributed by atoms with van der Waals surface area (Å²) in [7, 11) is 0. The van der Waals surface area contributed by atoms with Crippen LogP contribution in [0.1, 0.15) is 12.0 Å². The summed E-state index contributed by atoms with van der Waals surface area (Å²) in [6, 6.07) is 11.6. The molecule has 0 saturated carbocycles. The molecule has 1 amide bonds. The Morgan fingerprint density at radius 2 is 2.12 bits per heavy atom. The van der Waals surface area contributed by atoms with E-state index in [1.807, 2.05) is 24.4 Å². The van der Waals surface area contributed by atoms with Gasteiger partial charge in [0.05, 0.1) is 5.69 Å². The van der Waals surface area contributed by atoms with E-state index in [9.17, 15) is 4.79 Å². The standard InChI is InChI=1S/C18H16N6O/c25-17(8-7-13-10-21-15-5-2-1-4-14(13)15)23-16-6-3-9-20-18(16)24-12-19-11-22-24/h1-6,9-12,21H,7-8H2,(H,23,25). The summed E-state index contributed by atoms with van der Waals surface area (Å²) in [5.41, 5.74) is 2.82. The number of carbonyl (C=O) groups is 1. The molecule has 25 heavy (non-hydrogen) atoms. The highest BCUT2D eigenvalue weighted by Crippen LogP contribution is 2.20. The van der Waals surface area contributed by atoms with E-state index in [-0.39, 0.29) is 5.91 Å². The molecular formula is C18H16N6O. The zero-order valence-electron chi connectivity index (χ0n) is 13.4. The van der Waals surface area contributed by atoms with Crippen LogP contribution in [-0.2, 0) is 11.2 Å². The van der Waals surface area contributed by atoms with Gasteiger partial charge in [0.2, 0.25) is 5.91 Å². The number of rotatable bonds is 5. The summed E-state index contributed by atoms with van der Waals surface area (Å²) in [5.74, 6) is 0.472. The molecule has 4 rings (SSSR count). The number of aromatic nitrogens is 5. The Labute approximate surface area is 143 Å². The largest absolute Gasteiger partial charge is 0.361 e. The maximum atomic E-state index is 12.4. The summed E-state index contributed by atoms with van der Waals surface area (Å²) < 4.78 is 1.52. The molecule has 124 valence electrons. The number of fused-ring (bicyclic) bond motifs is 1. The van der Waals surface area contributed by atoms with Crippen LogP contribution in [-0.4, -0.2) is 30.6 Å². The number of H-pyrrole nitrogens is 1. The second-order valence-corrected chi connectivity index (χ2v) is 5.62. The van der Waals surface area contributed by atoms with Gasteiger partial charge in [-0.05, 0) is 30.2 Å². The molecule has 0 radical (unpaired) electrons. The number of anilines is 1.